The van der Waals surface area contributed by atoms with Crippen LogP contribution in [0.25, 0.3) is 10.9 Å². The highest BCUT2D eigenvalue weighted by Gasteiger charge is 2.38. The average molecular weight is 422 g/mol. The van der Waals surface area contributed by atoms with Crippen molar-refractivity contribution in [1.29, 1.82) is 0 Å². The van der Waals surface area contributed by atoms with Crippen LogP contribution in [0.5, 0.6) is 0 Å². The fraction of sp³-hybridized carbons (Fsp3) is 0.560. The predicted molar refractivity (Wildman–Crippen MR) is 127 cm³/mol. The maximum absolute atomic E-state index is 13.0. The fourth-order valence-corrected chi connectivity index (χ4v) is 5.39. The number of carbonyl (C=O) groups excluding carboxylic acids is 1. The van der Waals surface area contributed by atoms with Gasteiger partial charge < -0.3 is 14.7 Å². The Labute approximate surface area is 186 Å². The lowest BCUT2D eigenvalue weighted by atomic mass is 9.74. The molecule has 6 heteroatoms. The summed E-state index contributed by atoms with van der Waals surface area (Å²) in [4.78, 5) is 19.2. The van der Waals surface area contributed by atoms with E-state index >= 15 is 0 Å². The van der Waals surface area contributed by atoms with Gasteiger partial charge in [0.05, 0.1) is 17.6 Å². The largest absolute Gasteiger partial charge is 0.339 e. The highest BCUT2D eigenvalue weighted by Crippen LogP contribution is 2.44. The second-order valence-corrected chi connectivity index (χ2v) is 8.95. The second kappa shape index (κ2) is 8.84. The van der Waals surface area contributed by atoms with E-state index in [9.17, 15) is 4.79 Å². The molecule has 1 fully saturated rings. The standard InChI is InChI=1S/C25H35N5O/c1-6-29(7-2)25(31)26-30-21(14-10-15-27(3)4)20-17-23-18(12-9-16-28(23)5)19-11-8-13-22(30)24(19)20/h8,11,13,18,23H,6-7,9,12,14,16-17H2,1-5H3,(H,26,31)/t18-,23-/m1/s1. The van der Waals surface area contributed by atoms with Crippen molar-refractivity contribution >= 4 is 16.9 Å². The van der Waals surface area contributed by atoms with Crippen molar-refractivity contribution in [2.45, 2.75) is 51.5 Å². The van der Waals surface area contributed by atoms with E-state index in [1.165, 1.54) is 29.4 Å². The van der Waals surface area contributed by atoms with Crippen LogP contribution in [0.2, 0.25) is 0 Å². The Morgan fingerprint density at radius 1 is 1.26 bits per heavy atom. The van der Waals surface area contributed by atoms with Crippen molar-refractivity contribution in [2.24, 2.45) is 0 Å². The highest BCUT2D eigenvalue weighted by atomic mass is 16.2. The molecule has 1 aliphatic carbocycles. The molecular formula is C25H35N5O. The third-order valence-electron chi connectivity index (χ3n) is 6.92. The minimum Gasteiger partial charge on any atom is -0.339 e. The molecule has 4 rings (SSSR count). The Morgan fingerprint density at radius 3 is 2.74 bits per heavy atom. The van der Waals surface area contributed by atoms with E-state index in [2.05, 4.69) is 47.5 Å². The number of aromatic nitrogens is 1. The van der Waals surface area contributed by atoms with Crippen LogP contribution in [0.3, 0.4) is 0 Å². The number of likely N-dealkylation sites (tertiary alicyclic amines) is 1. The summed E-state index contributed by atoms with van der Waals surface area (Å²) in [5, 5.41) is 1.33. The second-order valence-electron chi connectivity index (χ2n) is 8.95. The van der Waals surface area contributed by atoms with E-state index in [4.69, 9.17) is 0 Å². The van der Waals surface area contributed by atoms with Gasteiger partial charge in [-0.15, -0.1) is 0 Å². The molecule has 0 saturated carbocycles. The average Bonchev–Trinajstić information content (AvgIpc) is 3.04. The Bertz CT molecular complexity index is 1020. The molecule has 6 nitrogen and oxygen atoms in total. The summed E-state index contributed by atoms with van der Waals surface area (Å²) in [5.41, 5.74) is 8.22. The number of nitrogens with one attached hydrogen (secondary N) is 1. The molecule has 2 aromatic rings. The molecule has 1 aliphatic heterocycles. The number of nitrogens with zero attached hydrogens (tertiary/aromatic N) is 4. The summed E-state index contributed by atoms with van der Waals surface area (Å²) < 4.78 is 2.02. The molecule has 2 amide bonds. The third-order valence-corrected chi connectivity index (χ3v) is 6.92. The number of amides is 2. The smallest absolute Gasteiger partial charge is 0.336 e. The first-order valence-electron chi connectivity index (χ1n) is 11.5. The van der Waals surface area contributed by atoms with Crippen LogP contribution in [-0.4, -0.2) is 72.2 Å². The van der Waals surface area contributed by atoms with Crippen molar-refractivity contribution in [3.8, 4) is 12.0 Å². The monoisotopic (exact) mass is 421 g/mol. The van der Waals surface area contributed by atoms with Crippen LogP contribution in [-0.2, 0) is 12.8 Å². The number of carbonyl (C=O) groups is 1. The van der Waals surface area contributed by atoms with Gasteiger partial charge in [0.25, 0.3) is 0 Å². The Kier molecular flexibility index (Phi) is 6.15. The van der Waals surface area contributed by atoms with Crippen LogP contribution in [0.1, 0.15) is 49.4 Å². The fourth-order valence-electron chi connectivity index (χ4n) is 5.39. The number of piperidine rings is 1. The van der Waals surface area contributed by atoms with Gasteiger partial charge in [-0.25, -0.2) is 10.2 Å². The first-order chi connectivity index (χ1) is 15.0. The van der Waals surface area contributed by atoms with Gasteiger partial charge in [-0.2, -0.15) is 0 Å². The van der Waals surface area contributed by atoms with Crippen LogP contribution < -0.4 is 5.43 Å². The molecule has 1 saturated heterocycles. The highest BCUT2D eigenvalue weighted by molar-refractivity contribution is 5.93. The molecule has 1 aromatic heterocycles. The number of likely N-dealkylation sites (N-methyl/N-ethyl adjacent to an activating group) is 1. The number of fused-ring (bicyclic) bond motifs is 2. The van der Waals surface area contributed by atoms with Gasteiger partial charge in [-0.05, 0) is 63.9 Å². The summed E-state index contributed by atoms with van der Waals surface area (Å²) >= 11 is 0. The topological polar surface area (TPSA) is 43.8 Å². The van der Waals surface area contributed by atoms with E-state index < -0.39 is 0 Å². The number of hydrogen-bond donors (Lipinski definition) is 1. The maximum Gasteiger partial charge on any atom is 0.336 e. The minimum atomic E-state index is -0.0607. The maximum atomic E-state index is 13.0. The zero-order valence-corrected chi connectivity index (χ0v) is 19.5. The minimum absolute atomic E-state index is 0.0607. The Balaban J connectivity index is 1.86. The lowest BCUT2D eigenvalue weighted by Crippen LogP contribution is -2.44. The number of benzene rings is 1. The molecular weight excluding hydrogens is 386 g/mol. The molecule has 0 bridgehead atoms. The molecule has 166 valence electrons. The van der Waals surface area contributed by atoms with Gasteiger partial charge in [0.1, 0.15) is 0 Å². The molecule has 2 heterocycles. The first kappa shape index (κ1) is 21.6. The SMILES string of the molecule is CCN(CC)C(=O)Nn1c(CC#CN(C)C)c2c3c(cccc31)[C@H]1CCCN(C)[C@@H]1C2. The zero-order valence-electron chi connectivity index (χ0n) is 19.5. The van der Waals surface area contributed by atoms with Crippen molar-refractivity contribution in [1.82, 2.24) is 19.4 Å². The van der Waals surface area contributed by atoms with Gasteiger partial charge in [0.15, 0.2) is 0 Å². The third kappa shape index (κ3) is 3.87. The molecule has 0 spiro atoms. The van der Waals surface area contributed by atoms with Gasteiger partial charge in [-0.1, -0.05) is 18.1 Å². The van der Waals surface area contributed by atoms with Crippen LogP contribution in [0.4, 0.5) is 4.79 Å². The summed E-state index contributed by atoms with van der Waals surface area (Å²) in [7, 11) is 6.16. The molecule has 31 heavy (non-hydrogen) atoms. The van der Waals surface area contributed by atoms with E-state index in [1.807, 2.05) is 42.4 Å². The molecule has 2 aliphatic rings. The van der Waals surface area contributed by atoms with E-state index in [-0.39, 0.29) is 6.03 Å². The quantitative estimate of drug-likeness (QED) is 0.608. The van der Waals surface area contributed by atoms with Gasteiger partial charge in [0, 0.05) is 50.6 Å². The summed E-state index contributed by atoms with van der Waals surface area (Å²) in [5.74, 6) is 3.87. The van der Waals surface area contributed by atoms with Crippen LogP contribution in [0.15, 0.2) is 18.2 Å². The summed E-state index contributed by atoms with van der Waals surface area (Å²) in [6.45, 7) is 6.55. The number of urea groups is 1. The molecule has 1 aromatic carbocycles. The number of hydrogen-bond acceptors (Lipinski definition) is 3. The van der Waals surface area contributed by atoms with Crippen LogP contribution in [0, 0.1) is 12.0 Å². The molecule has 1 N–H and O–H groups in total. The van der Waals surface area contributed by atoms with E-state index in [0.717, 1.165) is 24.2 Å². The molecule has 0 unspecified atom stereocenters. The van der Waals surface area contributed by atoms with Crippen molar-refractivity contribution in [2.75, 3.05) is 46.2 Å². The first-order valence-corrected chi connectivity index (χ1v) is 11.5. The predicted octanol–water partition coefficient (Wildman–Crippen LogP) is 3.45. The van der Waals surface area contributed by atoms with Crippen molar-refractivity contribution in [3.63, 3.8) is 0 Å². The molecule has 2 atom stereocenters. The number of rotatable bonds is 4. The Hall–Kier alpha value is -2.65. The van der Waals surface area contributed by atoms with Gasteiger partial charge in [-0.3, -0.25) is 4.68 Å². The van der Waals surface area contributed by atoms with Crippen molar-refractivity contribution in [3.05, 3.63) is 35.0 Å². The van der Waals surface area contributed by atoms with Crippen LogP contribution >= 0.6 is 0 Å². The van der Waals surface area contributed by atoms with E-state index in [0.29, 0.717) is 31.5 Å². The van der Waals surface area contributed by atoms with Gasteiger partial charge >= 0.3 is 6.03 Å². The lowest BCUT2D eigenvalue weighted by molar-refractivity contribution is 0.157. The van der Waals surface area contributed by atoms with Crippen molar-refractivity contribution < 1.29 is 4.79 Å². The Morgan fingerprint density at radius 2 is 2.03 bits per heavy atom. The summed E-state index contributed by atoms with van der Waals surface area (Å²) in [6.07, 6.45) is 4.10. The lowest BCUT2D eigenvalue weighted by Gasteiger charge is -2.42. The van der Waals surface area contributed by atoms with E-state index in [1.54, 1.807) is 0 Å². The summed E-state index contributed by atoms with van der Waals surface area (Å²) in [6, 6.07) is 10.2. The van der Waals surface area contributed by atoms with Gasteiger partial charge in [0.2, 0.25) is 0 Å². The zero-order chi connectivity index (χ0) is 22.1. The molecule has 0 radical (unpaired) electrons. The normalized spacial score (nSPS) is 20.0.